The number of nitrogens with zero attached hydrogens (tertiary/aromatic N) is 1. The molecule has 224 valence electrons. The highest BCUT2D eigenvalue weighted by atomic mass is 16.6. The molecule has 0 radical (unpaired) electrons. The van der Waals surface area contributed by atoms with Crippen LogP contribution in [0.5, 0.6) is 0 Å². The molecule has 0 aromatic carbocycles. The van der Waals surface area contributed by atoms with Crippen molar-refractivity contribution in [2.45, 2.75) is 122 Å². The predicted octanol–water partition coefficient (Wildman–Crippen LogP) is 2.47. The minimum Gasteiger partial charge on any atom is -0.479 e. The Bertz CT molecular complexity index is 829. The quantitative estimate of drug-likeness (QED) is 0.0643. The number of amides is 1. The number of hydrogen-bond donors (Lipinski definition) is 5. The number of esters is 1. The van der Waals surface area contributed by atoms with Crippen molar-refractivity contribution in [1.29, 1.82) is 0 Å². The lowest BCUT2D eigenvalue weighted by Gasteiger charge is -2.36. The minimum absolute atomic E-state index is 0.0617. The summed E-state index contributed by atoms with van der Waals surface area (Å²) in [5.41, 5.74) is 11.1. The number of guanidine groups is 1. The van der Waals surface area contributed by atoms with Crippen LogP contribution in [0, 0.1) is 0 Å². The van der Waals surface area contributed by atoms with E-state index in [0.29, 0.717) is 6.42 Å². The monoisotopic (exact) mass is 556 g/mol. The number of aliphatic hydroxyl groups is 1. The molecule has 1 aliphatic rings. The van der Waals surface area contributed by atoms with Crippen LogP contribution in [0.15, 0.2) is 16.4 Å². The second kappa shape index (κ2) is 19.4. The van der Waals surface area contributed by atoms with E-state index in [2.05, 4.69) is 17.2 Å². The van der Waals surface area contributed by atoms with Crippen molar-refractivity contribution in [3.63, 3.8) is 0 Å². The molecule has 0 aliphatic carbocycles. The molecule has 1 heterocycles. The zero-order chi connectivity index (χ0) is 29.2. The van der Waals surface area contributed by atoms with Gasteiger partial charge in [0.15, 0.2) is 12.1 Å². The fraction of sp³-hybridized carbons (Fsp3) is 0.778. The van der Waals surface area contributed by atoms with Gasteiger partial charge in [0, 0.05) is 26.9 Å². The normalized spacial score (nSPS) is 18.8. The Hall–Kier alpha value is -2.70. The summed E-state index contributed by atoms with van der Waals surface area (Å²) in [5.74, 6) is -2.57. The van der Waals surface area contributed by atoms with Gasteiger partial charge in [-0.2, -0.15) is 0 Å². The first-order chi connectivity index (χ1) is 18.6. The first-order valence-corrected chi connectivity index (χ1v) is 14.0. The van der Waals surface area contributed by atoms with Gasteiger partial charge in [-0.15, -0.1) is 0 Å². The zero-order valence-electron chi connectivity index (χ0n) is 23.7. The van der Waals surface area contributed by atoms with Crippen LogP contribution in [0.4, 0.5) is 0 Å². The first kappa shape index (κ1) is 34.3. The van der Waals surface area contributed by atoms with E-state index in [9.17, 15) is 24.6 Å². The number of carbonyl (C=O) groups is 3. The number of aliphatic hydroxyl groups excluding tert-OH is 1. The summed E-state index contributed by atoms with van der Waals surface area (Å²) in [6.07, 6.45) is 7.61. The van der Waals surface area contributed by atoms with Crippen LogP contribution < -0.4 is 16.8 Å². The number of carboxylic acid groups (broad SMARTS) is 1. The number of carboxylic acids is 1. The first-order valence-electron chi connectivity index (χ1n) is 14.0. The van der Waals surface area contributed by atoms with Crippen molar-refractivity contribution in [1.82, 2.24) is 5.32 Å². The van der Waals surface area contributed by atoms with Crippen LogP contribution in [0.1, 0.15) is 97.3 Å². The number of carbonyl (C=O) groups excluding carboxylic acids is 2. The topological polar surface area (TPSA) is 196 Å². The van der Waals surface area contributed by atoms with Crippen LogP contribution in [0.3, 0.4) is 0 Å². The van der Waals surface area contributed by atoms with Gasteiger partial charge >= 0.3 is 11.9 Å². The molecule has 0 saturated carbocycles. The second-order valence-electron chi connectivity index (χ2n) is 9.90. The van der Waals surface area contributed by atoms with Gasteiger partial charge < -0.3 is 41.2 Å². The summed E-state index contributed by atoms with van der Waals surface area (Å²) in [5, 5.41) is 22.8. The van der Waals surface area contributed by atoms with Gasteiger partial charge in [-0.3, -0.25) is 9.59 Å². The third-order valence-electron chi connectivity index (χ3n) is 6.48. The van der Waals surface area contributed by atoms with Crippen LogP contribution in [-0.4, -0.2) is 72.2 Å². The van der Waals surface area contributed by atoms with E-state index in [4.69, 9.17) is 25.7 Å². The molecule has 0 spiro atoms. The van der Waals surface area contributed by atoms with Crippen LogP contribution in [0.2, 0.25) is 0 Å². The Balaban J connectivity index is 2.61. The molecule has 0 bridgehead atoms. The van der Waals surface area contributed by atoms with Crippen molar-refractivity contribution in [3.05, 3.63) is 11.4 Å². The fourth-order valence-corrected chi connectivity index (χ4v) is 4.49. The number of methoxy groups -OCH3 is 1. The molecule has 1 aliphatic heterocycles. The van der Waals surface area contributed by atoms with Crippen molar-refractivity contribution < 1.29 is 38.8 Å². The van der Waals surface area contributed by atoms with E-state index in [-0.39, 0.29) is 30.2 Å². The van der Waals surface area contributed by atoms with Crippen molar-refractivity contribution >= 4 is 23.8 Å². The Morgan fingerprint density at radius 2 is 1.62 bits per heavy atom. The number of unbranched alkanes of at least 4 members (excludes halogenated alkanes) is 10. The number of ether oxygens (including phenoxy) is 3. The standard InChI is InChI=1S/C27H48N4O8/c1-4-5-6-7-8-9-10-11-12-13-14-15-22(34)38-17-20(33)24(37-3)25-23(30-18(2)32)19(31-27(28)29)16-21(39-25)26(35)36/h20-21,24-25,33H,4-17H2,1-3H3,(H,30,32)(H,35,36)(H4,28,29,31)/t20-,21?,24?,25?/m0/s1. The molecule has 0 aromatic heterocycles. The lowest BCUT2D eigenvalue weighted by Crippen LogP contribution is -2.52. The summed E-state index contributed by atoms with van der Waals surface area (Å²) in [6, 6.07) is 0. The molecule has 3 unspecified atom stereocenters. The number of hydrogen-bond acceptors (Lipinski definition) is 8. The maximum absolute atomic E-state index is 12.2. The summed E-state index contributed by atoms with van der Waals surface area (Å²) in [6.45, 7) is 3.06. The third kappa shape index (κ3) is 13.8. The Labute approximate surface area is 231 Å². The Morgan fingerprint density at radius 3 is 2.10 bits per heavy atom. The van der Waals surface area contributed by atoms with E-state index >= 15 is 0 Å². The lowest BCUT2D eigenvalue weighted by atomic mass is 9.97. The Kier molecular flexibility index (Phi) is 17.1. The Morgan fingerprint density at radius 1 is 1.05 bits per heavy atom. The molecule has 0 aromatic rings. The molecule has 7 N–H and O–H groups in total. The van der Waals surface area contributed by atoms with E-state index < -0.39 is 48.9 Å². The molecular formula is C27H48N4O8. The third-order valence-corrected chi connectivity index (χ3v) is 6.48. The van der Waals surface area contributed by atoms with Crippen molar-refractivity contribution in [3.8, 4) is 0 Å². The molecule has 39 heavy (non-hydrogen) atoms. The largest absolute Gasteiger partial charge is 0.479 e. The van der Waals surface area contributed by atoms with Gasteiger partial charge in [-0.05, 0) is 6.42 Å². The fourth-order valence-electron chi connectivity index (χ4n) is 4.49. The number of nitrogens with one attached hydrogen (secondary N) is 1. The second-order valence-corrected chi connectivity index (χ2v) is 9.90. The molecule has 4 atom stereocenters. The number of nitrogens with two attached hydrogens (primary N) is 2. The molecule has 12 heteroatoms. The lowest BCUT2D eigenvalue weighted by molar-refractivity contribution is -0.170. The van der Waals surface area contributed by atoms with Gasteiger partial charge in [0.25, 0.3) is 0 Å². The van der Waals surface area contributed by atoms with Crippen LogP contribution in [-0.2, 0) is 28.6 Å². The highest BCUT2D eigenvalue weighted by molar-refractivity contribution is 5.79. The number of aliphatic imine (C=N–C) groups is 1. The van der Waals surface area contributed by atoms with Crippen molar-refractivity contribution in [2.24, 2.45) is 16.5 Å². The molecule has 0 fully saturated rings. The molecular weight excluding hydrogens is 508 g/mol. The van der Waals surface area contributed by atoms with Gasteiger partial charge in [0.1, 0.15) is 24.9 Å². The average Bonchev–Trinajstić information content (AvgIpc) is 2.87. The SMILES string of the molecule is CCCCCCCCCCCCCC(=O)OC[C@H](O)C(OC)C1OC(C(=O)O)CC(N=C(N)N)=C1NC(C)=O. The summed E-state index contributed by atoms with van der Waals surface area (Å²) in [4.78, 5) is 39.7. The van der Waals surface area contributed by atoms with Gasteiger partial charge in [0.05, 0.1) is 11.4 Å². The molecule has 0 saturated heterocycles. The van der Waals surface area contributed by atoms with Crippen LogP contribution in [0.25, 0.3) is 0 Å². The van der Waals surface area contributed by atoms with E-state index in [1.54, 1.807) is 0 Å². The highest BCUT2D eigenvalue weighted by Gasteiger charge is 2.42. The molecule has 1 amide bonds. The zero-order valence-corrected chi connectivity index (χ0v) is 23.7. The van der Waals surface area contributed by atoms with E-state index in [1.807, 2.05) is 0 Å². The number of aliphatic carboxylic acids is 1. The molecule has 1 rings (SSSR count). The van der Waals surface area contributed by atoms with Crippen LogP contribution >= 0.6 is 0 Å². The van der Waals surface area contributed by atoms with Crippen molar-refractivity contribution in [2.75, 3.05) is 13.7 Å². The van der Waals surface area contributed by atoms with E-state index in [0.717, 1.165) is 19.3 Å². The summed E-state index contributed by atoms with van der Waals surface area (Å²) in [7, 11) is 1.28. The highest BCUT2D eigenvalue weighted by Crippen LogP contribution is 2.30. The average molecular weight is 557 g/mol. The maximum atomic E-state index is 12.2. The number of rotatable bonds is 20. The predicted molar refractivity (Wildman–Crippen MR) is 146 cm³/mol. The van der Waals surface area contributed by atoms with Gasteiger partial charge in [-0.25, -0.2) is 9.79 Å². The van der Waals surface area contributed by atoms with E-state index in [1.165, 1.54) is 59.0 Å². The maximum Gasteiger partial charge on any atom is 0.333 e. The van der Waals surface area contributed by atoms with Gasteiger partial charge in [-0.1, -0.05) is 71.1 Å². The smallest absolute Gasteiger partial charge is 0.333 e. The minimum atomic E-state index is -1.39. The van der Waals surface area contributed by atoms with Gasteiger partial charge in [0.2, 0.25) is 5.91 Å². The summed E-state index contributed by atoms with van der Waals surface area (Å²) < 4.78 is 16.3. The summed E-state index contributed by atoms with van der Waals surface area (Å²) >= 11 is 0. The molecule has 12 nitrogen and oxygen atoms in total.